The number of halogens is 4. The van der Waals surface area contributed by atoms with Gasteiger partial charge in [-0.1, -0.05) is 60.2 Å². The number of anilines is 1. The van der Waals surface area contributed by atoms with E-state index < -0.39 is 25.0 Å². The molecule has 0 radical (unpaired) electrons. The van der Waals surface area contributed by atoms with Gasteiger partial charge in [0.25, 0.3) is 0 Å². The van der Waals surface area contributed by atoms with E-state index in [0.717, 1.165) is 5.56 Å². The van der Waals surface area contributed by atoms with Gasteiger partial charge in [-0.2, -0.15) is 0 Å². The van der Waals surface area contributed by atoms with Gasteiger partial charge in [-0.15, -0.1) is 13.2 Å². The molecule has 0 aliphatic carbocycles. The first-order chi connectivity index (χ1) is 15.6. The number of alkyl halides is 3. The first kappa shape index (κ1) is 26.0. The molecule has 0 heterocycles. The van der Waals surface area contributed by atoms with Gasteiger partial charge < -0.3 is 15.7 Å². The number of rotatable bonds is 9. The summed E-state index contributed by atoms with van der Waals surface area (Å²) >= 11 is 6.25. The van der Waals surface area contributed by atoms with Crippen molar-refractivity contribution >= 4 is 34.9 Å². The lowest BCUT2D eigenvalue weighted by Crippen LogP contribution is -2.28. The normalized spacial score (nSPS) is 12.1. The SMILES string of the molecule is C/C=C\C=C(/COC(F)(F)F)c1ccc(NC(=O)NCc2ccc(CC(=O)O)cc2)cc1Cl. The van der Waals surface area contributed by atoms with Gasteiger partial charge in [-0.05, 0) is 41.3 Å². The van der Waals surface area contributed by atoms with Crippen LogP contribution in [0.15, 0.2) is 60.7 Å². The summed E-state index contributed by atoms with van der Waals surface area (Å²) < 4.78 is 41.3. The van der Waals surface area contributed by atoms with Crippen molar-refractivity contribution in [3.05, 3.63) is 82.4 Å². The van der Waals surface area contributed by atoms with Gasteiger partial charge in [-0.3, -0.25) is 9.53 Å². The molecule has 0 unspecified atom stereocenters. The number of hydrogen-bond acceptors (Lipinski definition) is 3. The second-order valence-electron chi connectivity index (χ2n) is 6.84. The average Bonchev–Trinajstić information content (AvgIpc) is 2.73. The van der Waals surface area contributed by atoms with Crippen LogP contribution >= 0.6 is 11.6 Å². The van der Waals surface area contributed by atoms with Gasteiger partial charge in [0.2, 0.25) is 0 Å². The first-order valence-corrected chi connectivity index (χ1v) is 10.1. The molecule has 176 valence electrons. The Kier molecular flexibility index (Phi) is 9.50. The van der Waals surface area contributed by atoms with Crippen molar-refractivity contribution in [3.63, 3.8) is 0 Å². The standard InChI is InChI=1S/C23H22ClF3N2O4/c1-2-3-4-17(14-33-23(25,26)27)19-10-9-18(12-20(19)24)29-22(32)28-13-16-7-5-15(6-8-16)11-21(30)31/h2-10,12H,11,13-14H2,1H3,(H,30,31)(H2,28,29,32)/b3-2-,17-4+. The van der Waals surface area contributed by atoms with Crippen molar-refractivity contribution in [1.29, 1.82) is 0 Å². The Morgan fingerprint density at radius 3 is 2.36 bits per heavy atom. The Hall–Kier alpha value is -3.30. The Morgan fingerprint density at radius 2 is 1.79 bits per heavy atom. The minimum Gasteiger partial charge on any atom is -0.481 e. The maximum Gasteiger partial charge on any atom is 0.522 e. The Morgan fingerprint density at radius 1 is 1.12 bits per heavy atom. The third-order valence-corrected chi connectivity index (χ3v) is 4.60. The molecule has 6 nitrogen and oxygen atoms in total. The van der Waals surface area contributed by atoms with Crippen molar-refractivity contribution in [2.45, 2.75) is 26.3 Å². The van der Waals surface area contributed by atoms with Gasteiger partial charge in [0.1, 0.15) is 0 Å². The van der Waals surface area contributed by atoms with Crippen LogP contribution in [0, 0.1) is 0 Å². The molecule has 2 amide bonds. The Balaban J connectivity index is 2.00. The molecule has 10 heteroatoms. The van der Waals surface area contributed by atoms with Crippen LogP contribution in [0.3, 0.4) is 0 Å². The fourth-order valence-electron chi connectivity index (χ4n) is 2.75. The summed E-state index contributed by atoms with van der Waals surface area (Å²) in [7, 11) is 0. The molecule has 0 saturated heterocycles. The number of nitrogens with one attached hydrogen (secondary N) is 2. The van der Waals surface area contributed by atoms with E-state index in [2.05, 4.69) is 15.4 Å². The molecule has 3 N–H and O–H groups in total. The van der Waals surface area contributed by atoms with E-state index in [1.54, 1.807) is 43.3 Å². The Bertz CT molecular complexity index is 1030. The number of carboxylic acid groups (broad SMARTS) is 1. The summed E-state index contributed by atoms with van der Waals surface area (Å²) in [5, 5.41) is 14.2. The molecule has 0 spiro atoms. The fourth-order valence-corrected chi connectivity index (χ4v) is 3.05. The summed E-state index contributed by atoms with van der Waals surface area (Å²) in [5.74, 6) is -0.928. The summed E-state index contributed by atoms with van der Waals surface area (Å²) in [6.45, 7) is 1.21. The van der Waals surface area contributed by atoms with E-state index in [0.29, 0.717) is 16.8 Å². The van der Waals surface area contributed by atoms with Crippen LogP contribution in [0.4, 0.5) is 23.7 Å². The molecule has 0 saturated carbocycles. The topological polar surface area (TPSA) is 87.7 Å². The van der Waals surface area contributed by atoms with Crippen LogP contribution in [0.25, 0.3) is 5.57 Å². The molecule has 0 aromatic heterocycles. The van der Waals surface area contributed by atoms with Gasteiger partial charge in [0.05, 0.1) is 18.1 Å². The zero-order chi connectivity index (χ0) is 24.4. The summed E-state index contributed by atoms with van der Waals surface area (Å²) in [5.41, 5.74) is 2.33. The molecular weight excluding hydrogens is 461 g/mol. The Labute approximate surface area is 193 Å². The monoisotopic (exact) mass is 482 g/mol. The van der Waals surface area contributed by atoms with Crippen molar-refractivity contribution in [2.75, 3.05) is 11.9 Å². The predicted molar refractivity (Wildman–Crippen MR) is 120 cm³/mol. The van der Waals surface area contributed by atoms with Crippen LogP contribution in [-0.2, 0) is 22.5 Å². The number of allylic oxidation sites excluding steroid dienone is 3. The molecule has 0 fully saturated rings. The lowest BCUT2D eigenvalue weighted by atomic mass is 10.1. The van der Waals surface area contributed by atoms with Crippen molar-refractivity contribution in [3.8, 4) is 0 Å². The highest BCUT2D eigenvalue weighted by atomic mass is 35.5. The summed E-state index contributed by atoms with van der Waals surface area (Å²) in [6, 6.07) is 10.7. The minimum atomic E-state index is -4.78. The maximum atomic E-state index is 12.4. The number of urea groups is 1. The predicted octanol–water partition coefficient (Wildman–Crippen LogP) is 5.78. The van der Waals surface area contributed by atoms with Gasteiger partial charge in [0.15, 0.2) is 0 Å². The molecule has 2 aromatic carbocycles. The highest BCUT2D eigenvalue weighted by Crippen LogP contribution is 2.29. The number of carbonyl (C=O) groups is 2. The van der Waals surface area contributed by atoms with E-state index in [9.17, 15) is 22.8 Å². The number of hydrogen-bond donors (Lipinski definition) is 3. The van der Waals surface area contributed by atoms with E-state index in [1.807, 2.05) is 0 Å². The van der Waals surface area contributed by atoms with E-state index in [1.165, 1.54) is 24.3 Å². The smallest absolute Gasteiger partial charge is 0.481 e. The van der Waals surface area contributed by atoms with E-state index in [4.69, 9.17) is 16.7 Å². The molecule has 2 rings (SSSR count). The zero-order valence-corrected chi connectivity index (χ0v) is 18.3. The van der Waals surface area contributed by atoms with Crippen molar-refractivity contribution < 1.29 is 32.6 Å². The second-order valence-corrected chi connectivity index (χ2v) is 7.25. The minimum absolute atomic E-state index is 0.0844. The first-order valence-electron chi connectivity index (χ1n) is 9.74. The molecule has 0 bridgehead atoms. The molecular formula is C23H22ClF3N2O4. The lowest BCUT2D eigenvalue weighted by molar-refractivity contribution is -0.318. The fraction of sp³-hybridized carbons (Fsp3) is 0.217. The van der Waals surface area contributed by atoms with E-state index >= 15 is 0 Å². The molecule has 2 aromatic rings. The number of benzene rings is 2. The van der Waals surface area contributed by atoms with Crippen LogP contribution in [0.2, 0.25) is 5.02 Å². The third kappa shape index (κ3) is 9.38. The maximum absolute atomic E-state index is 12.4. The summed E-state index contributed by atoms with van der Waals surface area (Å²) in [6.07, 6.45) is -0.175. The largest absolute Gasteiger partial charge is 0.522 e. The number of amides is 2. The van der Waals surface area contributed by atoms with Crippen LogP contribution in [0.1, 0.15) is 23.6 Å². The van der Waals surface area contributed by atoms with Crippen molar-refractivity contribution in [1.82, 2.24) is 5.32 Å². The van der Waals surface area contributed by atoms with Crippen LogP contribution in [-0.4, -0.2) is 30.1 Å². The third-order valence-electron chi connectivity index (χ3n) is 4.29. The van der Waals surface area contributed by atoms with Gasteiger partial charge >= 0.3 is 18.4 Å². The highest BCUT2D eigenvalue weighted by Gasteiger charge is 2.29. The molecule has 0 atom stereocenters. The summed E-state index contributed by atoms with van der Waals surface area (Å²) in [4.78, 5) is 22.9. The number of aliphatic carboxylic acids is 1. The number of ether oxygens (including phenoxy) is 1. The molecule has 0 aliphatic heterocycles. The number of carboxylic acids is 1. The zero-order valence-electron chi connectivity index (χ0n) is 17.6. The van der Waals surface area contributed by atoms with Gasteiger partial charge in [0, 0.05) is 12.2 Å². The van der Waals surface area contributed by atoms with Gasteiger partial charge in [-0.25, -0.2) is 4.79 Å². The van der Waals surface area contributed by atoms with Crippen molar-refractivity contribution in [2.24, 2.45) is 0 Å². The quantitative estimate of drug-likeness (QED) is 0.395. The van der Waals surface area contributed by atoms with E-state index in [-0.39, 0.29) is 23.6 Å². The second kappa shape index (κ2) is 12.1. The number of carbonyl (C=O) groups excluding carboxylic acids is 1. The highest BCUT2D eigenvalue weighted by molar-refractivity contribution is 6.32. The van der Waals surface area contributed by atoms with Crippen LogP contribution in [0.5, 0.6) is 0 Å². The van der Waals surface area contributed by atoms with Crippen LogP contribution < -0.4 is 10.6 Å². The lowest BCUT2D eigenvalue weighted by Gasteiger charge is -2.14. The average molecular weight is 483 g/mol. The molecule has 0 aliphatic rings. The molecule has 33 heavy (non-hydrogen) atoms.